The Labute approximate surface area is 120 Å². The predicted molar refractivity (Wildman–Crippen MR) is 81.4 cm³/mol. The van der Waals surface area contributed by atoms with Crippen molar-refractivity contribution in [1.29, 1.82) is 0 Å². The number of hydrogen-bond donors (Lipinski definition) is 0. The third-order valence-corrected chi connectivity index (χ3v) is 4.68. The largest absolute Gasteiger partial charge is 0.288 e. The molecular weight excluding hydrogens is 276 g/mol. The standard InChI is InChI=1S/C16H11ClOS/c1-10-13-4-2-3-5-14(13)19-16(10)15(18)11-6-8-12(17)9-7-11/h2-9H,1H3. The van der Waals surface area contributed by atoms with Crippen LogP contribution in [0.2, 0.25) is 5.02 Å². The van der Waals surface area contributed by atoms with Crippen LogP contribution in [0.4, 0.5) is 0 Å². The molecule has 0 radical (unpaired) electrons. The Morgan fingerprint density at radius 2 is 1.74 bits per heavy atom. The third-order valence-electron chi connectivity index (χ3n) is 3.16. The van der Waals surface area contributed by atoms with Gasteiger partial charge in [-0.3, -0.25) is 4.79 Å². The number of carbonyl (C=O) groups is 1. The number of ketones is 1. The summed E-state index contributed by atoms with van der Waals surface area (Å²) in [6, 6.07) is 15.1. The van der Waals surface area contributed by atoms with Gasteiger partial charge in [-0.25, -0.2) is 0 Å². The van der Waals surface area contributed by atoms with Crippen LogP contribution >= 0.6 is 22.9 Å². The van der Waals surface area contributed by atoms with E-state index in [1.807, 2.05) is 25.1 Å². The average Bonchev–Trinajstić information content (AvgIpc) is 2.77. The van der Waals surface area contributed by atoms with Crippen molar-refractivity contribution in [2.45, 2.75) is 6.92 Å². The quantitative estimate of drug-likeness (QED) is 0.599. The number of aryl methyl sites for hydroxylation is 1. The van der Waals surface area contributed by atoms with Gasteiger partial charge in [0.2, 0.25) is 5.78 Å². The van der Waals surface area contributed by atoms with Crippen LogP contribution in [-0.4, -0.2) is 5.78 Å². The van der Waals surface area contributed by atoms with E-state index in [1.165, 1.54) is 0 Å². The number of benzene rings is 2. The van der Waals surface area contributed by atoms with E-state index in [0.29, 0.717) is 10.6 Å². The summed E-state index contributed by atoms with van der Waals surface area (Å²) in [6.45, 7) is 2.00. The number of carbonyl (C=O) groups excluding carboxylic acids is 1. The summed E-state index contributed by atoms with van der Waals surface area (Å²) in [7, 11) is 0. The van der Waals surface area contributed by atoms with Crippen molar-refractivity contribution in [3.8, 4) is 0 Å². The van der Waals surface area contributed by atoms with Crippen LogP contribution in [-0.2, 0) is 0 Å². The van der Waals surface area contributed by atoms with Crippen LogP contribution in [0.1, 0.15) is 20.8 Å². The lowest BCUT2D eigenvalue weighted by Crippen LogP contribution is -1.99. The van der Waals surface area contributed by atoms with Gasteiger partial charge in [0.15, 0.2) is 0 Å². The maximum Gasteiger partial charge on any atom is 0.203 e. The Kier molecular flexibility index (Phi) is 3.13. The minimum absolute atomic E-state index is 0.0652. The molecule has 0 saturated heterocycles. The molecule has 0 aliphatic heterocycles. The second-order valence-corrected chi connectivity index (χ2v) is 5.88. The van der Waals surface area contributed by atoms with Crippen LogP contribution in [0, 0.1) is 6.92 Å². The summed E-state index contributed by atoms with van der Waals surface area (Å²) >= 11 is 7.40. The number of hydrogen-bond acceptors (Lipinski definition) is 2. The first-order chi connectivity index (χ1) is 9.16. The molecule has 1 nitrogen and oxygen atoms in total. The Morgan fingerprint density at radius 3 is 2.42 bits per heavy atom. The molecule has 0 N–H and O–H groups in total. The van der Waals surface area contributed by atoms with Gasteiger partial charge < -0.3 is 0 Å². The summed E-state index contributed by atoms with van der Waals surface area (Å²) in [5.41, 5.74) is 1.74. The molecule has 0 spiro atoms. The van der Waals surface area contributed by atoms with E-state index in [1.54, 1.807) is 35.6 Å². The maximum atomic E-state index is 12.5. The number of halogens is 1. The molecule has 1 heterocycles. The Bertz CT molecular complexity index is 756. The zero-order valence-corrected chi connectivity index (χ0v) is 11.9. The third kappa shape index (κ3) is 2.18. The lowest BCUT2D eigenvalue weighted by Gasteiger charge is -2.00. The molecule has 94 valence electrons. The fraction of sp³-hybridized carbons (Fsp3) is 0.0625. The van der Waals surface area contributed by atoms with Crippen molar-refractivity contribution in [3.05, 3.63) is 69.6 Å². The highest BCUT2D eigenvalue weighted by Gasteiger charge is 2.16. The molecule has 0 amide bonds. The van der Waals surface area contributed by atoms with Gasteiger partial charge in [0.1, 0.15) is 0 Å². The van der Waals surface area contributed by atoms with Gasteiger partial charge in [0, 0.05) is 15.3 Å². The molecule has 0 aliphatic rings. The van der Waals surface area contributed by atoms with Gasteiger partial charge in [-0.1, -0.05) is 29.8 Å². The lowest BCUT2D eigenvalue weighted by atomic mass is 10.1. The van der Waals surface area contributed by atoms with E-state index in [4.69, 9.17) is 11.6 Å². The van der Waals surface area contributed by atoms with Crippen LogP contribution in [0.15, 0.2) is 48.5 Å². The molecule has 3 rings (SSSR count). The zero-order valence-electron chi connectivity index (χ0n) is 10.3. The topological polar surface area (TPSA) is 17.1 Å². The van der Waals surface area contributed by atoms with Crippen molar-refractivity contribution in [3.63, 3.8) is 0 Å². The highest BCUT2D eigenvalue weighted by atomic mass is 35.5. The maximum absolute atomic E-state index is 12.5. The first-order valence-electron chi connectivity index (χ1n) is 5.95. The van der Waals surface area contributed by atoms with Crippen molar-refractivity contribution in [1.82, 2.24) is 0 Å². The normalized spacial score (nSPS) is 10.8. The molecule has 19 heavy (non-hydrogen) atoms. The fourth-order valence-corrected chi connectivity index (χ4v) is 3.42. The highest BCUT2D eigenvalue weighted by Crippen LogP contribution is 2.32. The van der Waals surface area contributed by atoms with Crippen molar-refractivity contribution >= 4 is 38.8 Å². The van der Waals surface area contributed by atoms with Crippen molar-refractivity contribution in [2.75, 3.05) is 0 Å². The summed E-state index contributed by atoms with van der Waals surface area (Å²) < 4.78 is 1.15. The summed E-state index contributed by atoms with van der Waals surface area (Å²) in [5.74, 6) is 0.0652. The molecule has 0 bridgehead atoms. The van der Waals surface area contributed by atoms with Gasteiger partial charge in [-0.05, 0) is 48.2 Å². The minimum atomic E-state index is 0.0652. The van der Waals surface area contributed by atoms with E-state index in [2.05, 4.69) is 6.07 Å². The van der Waals surface area contributed by atoms with Crippen LogP contribution in [0.25, 0.3) is 10.1 Å². The Balaban J connectivity index is 2.11. The van der Waals surface area contributed by atoms with Crippen molar-refractivity contribution < 1.29 is 4.79 Å². The molecule has 0 fully saturated rings. The van der Waals surface area contributed by atoms with Crippen LogP contribution < -0.4 is 0 Å². The van der Waals surface area contributed by atoms with E-state index >= 15 is 0 Å². The fourth-order valence-electron chi connectivity index (χ4n) is 2.12. The molecule has 0 aliphatic carbocycles. The second-order valence-electron chi connectivity index (χ2n) is 4.39. The summed E-state index contributed by atoms with van der Waals surface area (Å²) in [6.07, 6.45) is 0. The van der Waals surface area contributed by atoms with Gasteiger partial charge >= 0.3 is 0 Å². The first-order valence-corrected chi connectivity index (χ1v) is 7.14. The first kappa shape index (κ1) is 12.4. The molecule has 2 aromatic carbocycles. The van der Waals surface area contributed by atoms with Gasteiger partial charge in [0.25, 0.3) is 0 Å². The molecule has 1 aromatic heterocycles. The van der Waals surface area contributed by atoms with Gasteiger partial charge in [-0.2, -0.15) is 0 Å². The molecular formula is C16H11ClOS. The minimum Gasteiger partial charge on any atom is -0.288 e. The summed E-state index contributed by atoms with van der Waals surface area (Å²) in [4.78, 5) is 13.3. The van der Waals surface area contributed by atoms with Crippen LogP contribution in [0.5, 0.6) is 0 Å². The predicted octanol–water partition coefficient (Wildman–Crippen LogP) is 5.09. The lowest BCUT2D eigenvalue weighted by molar-refractivity contribution is 0.104. The zero-order chi connectivity index (χ0) is 13.4. The Hall–Kier alpha value is -1.64. The molecule has 0 saturated carbocycles. The van der Waals surface area contributed by atoms with E-state index < -0.39 is 0 Å². The molecule has 3 heteroatoms. The van der Waals surface area contributed by atoms with E-state index in [0.717, 1.165) is 20.5 Å². The SMILES string of the molecule is Cc1c(C(=O)c2ccc(Cl)cc2)sc2ccccc12. The van der Waals surface area contributed by atoms with Crippen molar-refractivity contribution in [2.24, 2.45) is 0 Å². The number of thiophene rings is 1. The number of rotatable bonds is 2. The molecule has 0 unspecified atom stereocenters. The smallest absolute Gasteiger partial charge is 0.203 e. The Morgan fingerprint density at radius 1 is 1.05 bits per heavy atom. The highest BCUT2D eigenvalue weighted by molar-refractivity contribution is 7.21. The van der Waals surface area contributed by atoms with Gasteiger partial charge in [-0.15, -0.1) is 11.3 Å². The van der Waals surface area contributed by atoms with E-state index in [9.17, 15) is 4.79 Å². The summed E-state index contributed by atoms with van der Waals surface area (Å²) in [5, 5.41) is 1.80. The second kappa shape index (κ2) is 4.80. The van der Waals surface area contributed by atoms with Gasteiger partial charge in [0.05, 0.1) is 4.88 Å². The van der Waals surface area contributed by atoms with E-state index in [-0.39, 0.29) is 5.78 Å². The number of fused-ring (bicyclic) bond motifs is 1. The van der Waals surface area contributed by atoms with Crippen LogP contribution in [0.3, 0.4) is 0 Å². The monoisotopic (exact) mass is 286 g/mol. The molecule has 3 aromatic rings. The molecule has 0 atom stereocenters. The average molecular weight is 287 g/mol.